The predicted molar refractivity (Wildman–Crippen MR) is 79.3 cm³/mol. The van der Waals surface area contributed by atoms with Crippen LogP contribution in [0.25, 0.3) is 0 Å². The van der Waals surface area contributed by atoms with Crippen LogP contribution in [0.15, 0.2) is 5.38 Å². The number of thiazole rings is 1. The first-order valence-corrected chi connectivity index (χ1v) is 7.54. The monoisotopic (exact) mass is 305 g/mol. The van der Waals surface area contributed by atoms with Crippen molar-refractivity contribution in [1.29, 1.82) is 0 Å². The Hall–Kier alpha value is -2.15. The van der Waals surface area contributed by atoms with E-state index in [9.17, 15) is 9.59 Å². The summed E-state index contributed by atoms with van der Waals surface area (Å²) in [5, 5.41) is 14.3. The summed E-state index contributed by atoms with van der Waals surface area (Å²) >= 11 is 1.40. The zero-order chi connectivity index (χ0) is 15.1. The third-order valence-corrected chi connectivity index (χ3v) is 4.39. The fourth-order valence-corrected chi connectivity index (χ4v) is 3.16. The van der Waals surface area contributed by atoms with Gasteiger partial charge in [-0.15, -0.1) is 11.3 Å². The lowest BCUT2D eigenvalue weighted by atomic mass is 10.1. The number of nitrogens with zero attached hydrogens (tertiary/aromatic N) is 1. The first-order chi connectivity index (χ1) is 9.97. The van der Waals surface area contributed by atoms with Crippen LogP contribution >= 0.6 is 11.3 Å². The van der Waals surface area contributed by atoms with Gasteiger partial charge in [0.05, 0.1) is 11.3 Å². The van der Waals surface area contributed by atoms with Gasteiger partial charge in [-0.05, 0) is 32.3 Å². The van der Waals surface area contributed by atoms with Crippen LogP contribution in [0, 0.1) is 13.8 Å². The minimum absolute atomic E-state index is 0.0514. The number of aryl methyl sites for hydroxylation is 1. The van der Waals surface area contributed by atoms with Crippen molar-refractivity contribution >= 4 is 28.3 Å². The van der Waals surface area contributed by atoms with Gasteiger partial charge in [0.15, 0.2) is 5.13 Å². The number of hydrogen-bond acceptors (Lipinski definition) is 4. The molecule has 2 aromatic rings. The molecule has 2 heterocycles. The van der Waals surface area contributed by atoms with E-state index in [4.69, 9.17) is 5.11 Å². The molecule has 0 saturated heterocycles. The minimum Gasteiger partial charge on any atom is -0.477 e. The largest absolute Gasteiger partial charge is 0.477 e. The Morgan fingerprint density at radius 1 is 1.43 bits per heavy atom. The number of amides is 1. The lowest BCUT2D eigenvalue weighted by Gasteiger charge is -2.02. The van der Waals surface area contributed by atoms with Gasteiger partial charge >= 0.3 is 5.97 Å². The average molecular weight is 305 g/mol. The molecule has 1 saturated carbocycles. The lowest BCUT2D eigenvalue weighted by Crippen LogP contribution is -2.13. The smallest absolute Gasteiger partial charge is 0.352 e. The number of carbonyl (C=O) groups is 2. The zero-order valence-corrected chi connectivity index (χ0v) is 12.5. The maximum Gasteiger partial charge on any atom is 0.352 e. The summed E-state index contributed by atoms with van der Waals surface area (Å²) in [6.45, 7) is 3.31. The molecule has 3 N–H and O–H groups in total. The molecule has 0 aliphatic heterocycles. The number of hydrogen-bond donors (Lipinski definition) is 3. The molecule has 1 aliphatic rings. The van der Waals surface area contributed by atoms with Gasteiger partial charge < -0.3 is 10.1 Å². The molecular formula is C14H15N3O3S. The van der Waals surface area contributed by atoms with Crippen molar-refractivity contribution in [1.82, 2.24) is 9.97 Å². The second-order valence-electron chi connectivity index (χ2n) is 5.24. The van der Waals surface area contributed by atoms with E-state index in [2.05, 4.69) is 15.3 Å². The molecule has 21 heavy (non-hydrogen) atoms. The fraction of sp³-hybridized carbons (Fsp3) is 0.357. The molecule has 0 aromatic carbocycles. The summed E-state index contributed by atoms with van der Waals surface area (Å²) in [6.07, 6.45) is 2.32. The second-order valence-corrected chi connectivity index (χ2v) is 6.09. The second kappa shape index (κ2) is 5.00. The van der Waals surface area contributed by atoms with E-state index in [1.54, 1.807) is 13.8 Å². The van der Waals surface area contributed by atoms with Gasteiger partial charge in [-0.25, -0.2) is 9.78 Å². The number of carboxylic acid groups (broad SMARTS) is 1. The van der Waals surface area contributed by atoms with Crippen LogP contribution in [-0.4, -0.2) is 27.0 Å². The molecule has 0 bridgehead atoms. The molecule has 0 spiro atoms. The van der Waals surface area contributed by atoms with E-state index < -0.39 is 5.97 Å². The van der Waals surface area contributed by atoms with E-state index in [-0.39, 0.29) is 11.6 Å². The van der Waals surface area contributed by atoms with Crippen LogP contribution in [0.3, 0.4) is 0 Å². The Morgan fingerprint density at radius 2 is 2.14 bits per heavy atom. The Bertz CT molecular complexity index is 728. The molecule has 6 nitrogen and oxygen atoms in total. The third-order valence-electron chi connectivity index (χ3n) is 3.62. The Morgan fingerprint density at radius 3 is 2.71 bits per heavy atom. The van der Waals surface area contributed by atoms with E-state index in [1.165, 1.54) is 11.3 Å². The zero-order valence-electron chi connectivity index (χ0n) is 11.7. The molecule has 1 amide bonds. The van der Waals surface area contributed by atoms with E-state index in [0.717, 1.165) is 18.5 Å². The number of carbonyl (C=O) groups excluding carboxylic acids is 1. The summed E-state index contributed by atoms with van der Waals surface area (Å²) in [6, 6.07) is 0. The first-order valence-electron chi connectivity index (χ1n) is 6.66. The van der Waals surface area contributed by atoms with Gasteiger partial charge in [0, 0.05) is 17.0 Å². The highest BCUT2D eigenvalue weighted by Gasteiger charge is 2.27. The summed E-state index contributed by atoms with van der Waals surface area (Å²) in [4.78, 5) is 30.5. The predicted octanol–water partition coefficient (Wildman–Crippen LogP) is 2.92. The van der Waals surface area contributed by atoms with Crippen molar-refractivity contribution < 1.29 is 14.7 Å². The van der Waals surface area contributed by atoms with E-state index in [0.29, 0.717) is 27.9 Å². The highest BCUT2D eigenvalue weighted by molar-refractivity contribution is 7.14. The molecule has 0 atom stereocenters. The third kappa shape index (κ3) is 2.56. The number of rotatable bonds is 4. The van der Waals surface area contributed by atoms with E-state index >= 15 is 0 Å². The molecule has 2 aromatic heterocycles. The first kappa shape index (κ1) is 13.8. The fourth-order valence-electron chi connectivity index (χ4n) is 2.37. The van der Waals surface area contributed by atoms with Crippen molar-refractivity contribution in [2.24, 2.45) is 0 Å². The van der Waals surface area contributed by atoms with Gasteiger partial charge in [-0.1, -0.05) is 0 Å². The number of aromatic amines is 1. The highest BCUT2D eigenvalue weighted by atomic mass is 32.1. The van der Waals surface area contributed by atoms with Crippen molar-refractivity contribution in [2.75, 3.05) is 5.32 Å². The standard InChI is InChI=1S/C14H15N3O3S/c1-6-10(7(2)15-11(6)13(19)20)12(18)17-14-16-9(5-21-14)8-3-4-8/h5,8,15H,3-4H2,1-2H3,(H,19,20)(H,16,17,18). The molecule has 3 rings (SSSR count). The van der Waals surface area contributed by atoms with Crippen LogP contribution < -0.4 is 5.32 Å². The molecular weight excluding hydrogens is 290 g/mol. The quantitative estimate of drug-likeness (QED) is 0.809. The van der Waals surface area contributed by atoms with Gasteiger partial charge in [0.2, 0.25) is 0 Å². The Labute approximate surface area is 125 Å². The summed E-state index contributed by atoms with van der Waals surface area (Å²) in [5.74, 6) is -0.855. The number of nitrogens with one attached hydrogen (secondary N) is 2. The highest BCUT2D eigenvalue weighted by Crippen LogP contribution is 2.40. The summed E-state index contributed by atoms with van der Waals surface area (Å²) in [5.41, 5.74) is 2.44. The van der Waals surface area contributed by atoms with E-state index in [1.807, 2.05) is 5.38 Å². The van der Waals surface area contributed by atoms with Crippen LogP contribution in [0.5, 0.6) is 0 Å². The molecule has 7 heteroatoms. The van der Waals surface area contributed by atoms with Crippen molar-refractivity contribution in [3.05, 3.63) is 33.6 Å². The number of anilines is 1. The van der Waals surface area contributed by atoms with Crippen molar-refractivity contribution in [3.63, 3.8) is 0 Å². The van der Waals surface area contributed by atoms with Crippen molar-refractivity contribution in [2.45, 2.75) is 32.6 Å². The van der Waals surface area contributed by atoms with Gasteiger partial charge in [-0.2, -0.15) is 0 Å². The Kier molecular flexibility index (Phi) is 3.29. The molecule has 110 valence electrons. The minimum atomic E-state index is -1.07. The topological polar surface area (TPSA) is 95.1 Å². The number of carboxylic acids is 1. The molecule has 0 radical (unpaired) electrons. The van der Waals surface area contributed by atoms with Crippen molar-refractivity contribution in [3.8, 4) is 0 Å². The maximum atomic E-state index is 12.3. The normalized spacial score (nSPS) is 14.2. The number of H-pyrrole nitrogens is 1. The molecule has 1 aliphatic carbocycles. The summed E-state index contributed by atoms with van der Waals surface area (Å²) < 4.78 is 0. The van der Waals surface area contributed by atoms with Gasteiger partial charge in [0.25, 0.3) is 5.91 Å². The van der Waals surface area contributed by atoms with Crippen LogP contribution in [0.4, 0.5) is 5.13 Å². The SMILES string of the molecule is Cc1[nH]c(C(=O)O)c(C)c1C(=O)Nc1nc(C2CC2)cs1. The van der Waals surface area contributed by atoms with Crippen LogP contribution in [0.2, 0.25) is 0 Å². The lowest BCUT2D eigenvalue weighted by molar-refractivity contribution is 0.0690. The Balaban J connectivity index is 1.82. The average Bonchev–Trinajstić information content (AvgIpc) is 3.08. The summed E-state index contributed by atoms with van der Waals surface area (Å²) in [7, 11) is 0. The molecule has 0 unspecified atom stereocenters. The maximum absolute atomic E-state index is 12.3. The van der Waals surface area contributed by atoms with Crippen LogP contribution in [-0.2, 0) is 0 Å². The van der Waals surface area contributed by atoms with Gasteiger partial charge in [0.1, 0.15) is 5.69 Å². The number of aromatic nitrogens is 2. The number of aromatic carboxylic acids is 1. The van der Waals surface area contributed by atoms with Crippen LogP contribution in [0.1, 0.15) is 56.6 Å². The van der Waals surface area contributed by atoms with Gasteiger partial charge in [-0.3, -0.25) is 10.1 Å². The molecule has 1 fully saturated rings.